The molecule has 2 fully saturated rings. The van der Waals surface area contributed by atoms with Crippen molar-refractivity contribution in [1.82, 2.24) is 15.1 Å². The molecule has 2 aliphatic heterocycles. The zero-order valence-corrected chi connectivity index (χ0v) is 17.2. The molecular weight excluding hydrogens is 334 g/mol. The van der Waals surface area contributed by atoms with Crippen molar-refractivity contribution in [2.24, 2.45) is 17.8 Å². The molecule has 3 rings (SSSR count). The lowest BCUT2D eigenvalue weighted by atomic mass is 9.92. The molecule has 0 bridgehead atoms. The SMILES string of the molecule is C[C@@H]1C[C@@H](C)CN(CCCNC(=O)C2CCN(Cc3ccccc3)CC2)C1. The zero-order valence-electron chi connectivity index (χ0n) is 17.2. The number of piperidine rings is 2. The average Bonchev–Trinajstić information content (AvgIpc) is 2.66. The van der Waals surface area contributed by atoms with Crippen LogP contribution in [0.1, 0.15) is 45.1 Å². The van der Waals surface area contributed by atoms with Crippen molar-refractivity contribution in [1.29, 1.82) is 0 Å². The van der Waals surface area contributed by atoms with E-state index in [1.165, 1.54) is 25.1 Å². The van der Waals surface area contributed by atoms with Gasteiger partial charge in [0.15, 0.2) is 0 Å². The van der Waals surface area contributed by atoms with Crippen LogP contribution in [-0.4, -0.2) is 55.0 Å². The van der Waals surface area contributed by atoms with Gasteiger partial charge in [0.05, 0.1) is 0 Å². The van der Waals surface area contributed by atoms with Crippen LogP contribution >= 0.6 is 0 Å². The summed E-state index contributed by atoms with van der Waals surface area (Å²) in [5, 5.41) is 3.19. The summed E-state index contributed by atoms with van der Waals surface area (Å²) in [5.74, 6) is 2.09. The quantitative estimate of drug-likeness (QED) is 0.747. The summed E-state index contributed by atoms with van der Waals surface area (Å²) in [7, 11) is 0. The first kappa shape index (κ1) is 20.3. The number of benzene rings is 1. The molecule has 150 valence electrons. The fourth-order valence-corrected chi connectivity index (χ4v) is 4.83. The molecule has 1 N–H and O–H groups in total. The fourth-order valence-electron chi connectivity index (χ4n) is 4.83. The van der Waals surface area contributed by atoms with Gasteiger partial charge in [-0.05, 0) is 62.7 Å². The molecule has 0 spiro atoms. The summed E-state index contributed by atoms with van der Waals surface area (Å²) in [6, 6.07) is 10.6. The topological polar surface area (TPSA) is 35.6 Å². The fraction of sp³-hybridized carbons (Fsp3) is 0.696. The van der Waals surface area contributed by atoms with Gasteiger partial charge in [0, 0.05) is 32.1 Å². The zero-order chi connectivity index (χ0) is 19.1. The number of nitrogens with zero attached hydrogens (tertiary/aromatic N) is 2. The van der Waals surface area contributed by atoms with Crippen LogP contribution in [0, 0.1) is 17.8 Å². The standard InChI is InChI=1S/C23H37N3O/c1-19-15-20(2)17-26(16-19)12-6-11-24-23(27)22-9-13-25(14-10-22)18-21-7-4-3-5-8-21/h3-5,7-8,19-20,22H,6,9-18H2,1-2H3,(H,24,27)/t19-,20-/m1/s1. The molecule has 0 aliphatic carbocycles. The molecule has 0 radical (unpaired) electrons. The molecular formula is C23H37N3O. The number of likely N-dealkylation sites (tertiary alicyclic amines) is 2. The second-order valence-electron chi connectivity index (χ2n) is 8.89. The van der Waals surface area contributed by atoms with Gasteiger partial charge in [-0.1, -0.05) is 44.2 Å². The van der Waals surface area contributed by atoms with Gasteiger partial charge in [-0.25, -0.2) is 0 Å². The Kier molecular flexibility index (Phi) is 7.71. The average molecular weight is 372 g/mol. The van der Waals surface area contributed by atoms with Crippen molar-refractivity contribution >= 4 is 5.91 Å². The highest BCUT2D eigenvalue weighted by molar-refractivity contribution is 5.78. The van der Waals surface area contributed by atoms with Gasteiger partial charge >= 0.3 is 0 Å². The van der Waals surface area contributed by atoms with Crippen molar-refractivity contribution in [3.05, 3.63) is 35.9 Å². The molecule has 2 heterocycles. The van der Waals surface area contributed by atoms with Crippen LogP contribution in [0.5, 0.6) is 0 Å². The van der Waals surface area contributed by atoms with Crippen molar-refractivity contribution in [3.63, 3.8) is 0 Å². The van der Waals surface area contributed by atoms with E-state index in [4.69, 9.17) is 0 Å². The third-order valence-corrected chi connectivity index (χ3v) is 6.10. The lowest BCUT2D eigenvalue weighted by Gasteiger charge is -2.35. The Hall–Kier alpha value is -1.39. The number of nitrogens with one attached hydrogen (secondary N) is 1. The molecule has 2 saturated heterocycles. The summed E-state index contributed by atoms with van der Waals surface area (Å²) >= 11 is 0. The molecule has 27 heavy (non-hydrogen) atoms. The van der Waals surface area contributed by atoms with Gasteiger partial charge in [0.25, 0.3) is 0 Å². The predicted octanol–water partition coefficient (Wildman–Crippen LogP) is 3.38. The van der Waals surface area contributed by atoms with Crippen molar-refractivity contribution in [3.8, 4) is 0 Å². The van der Waals surface area contributed by atoms with Gasteiger partial charge in [-0.2, -0.15) is 0 Å². The third kappa shape index (κ3) is 6.62. The number of carbonyl (C=O) groups excluding carboxylic acids is 1. The predicted molar refractivity (Wildman–Crippen MR) is 111 cm³/mol. The Bertz CT molecular complexity index is 558. The molecule has 4 nitrogen and oxygen atoms in total. The Morgan fingerprint density at radius 1 is 1.04 bits per heavy atom. The van der Waals surface area contributed by atoms with Crippen LogP contribution in [0.15, 0.2) is 30.3 Å². The number of hydrogen-bond acceptors (Lipinski definition) is 3. The number of amides is 1. The van der Waals surface area contributed by atoms with E-state index in [9.17, 15) is 4.79 Å². The van der Waals surface area contributed by atoms with E-state index in [0.29, 0.717) is 0 Å². The molecule has 4 heteroatoms. The van der Waals surface area contributed by atoms with Crippen LogP contribution in [-0.2, 0) is 11.3 Å². The van der Waals surface area contributed by atoms with Gasteiger partial charge in [0.2, 0.25) is 5.91 Å². The van der Waals surface area contributed by atoms with Crippen LogP contribution in [0.4, 0.5) is 0 Å². The lowest BCUT2D eigenvalue weighted by molar-refractivity contribution is -0.126. The largest absolute Gasteiger partial charge is 0.356 e. The van der Waals surface area contributed by atoms with E-state index < -0.39 is 0 Å². The Labute approximate surface area is 165 Å². The van der Waals surface area contributed by atoms with Crippen molar-refractivity contribution < 1.29 is 4.79 Å². The molecule has 1 aromatic rings. The number of hydrogen-bond donors (Lipinski definition) is 1. The van der Waals surface area contributed by atoms with Crippen molar-refractivity contribution in [2.75, 3.05) is 39.3 Å². The molecule has 1 aromatic carbocycles. The third-order valence-electron chi connectivity index (χ3n) is 6.10. The number of carbonyl (C=O) groups is 1. The molecule has 0 unspecified atom stereocenters. The Morgan fingerprint density at radius 3 is 2.37 bits per heavy atom. The van der Waals surface area contributed by atoms with Crippen molar-refractivity contribution in [2.45, 2.75) is 46.1 Å². The molecule has 0 saturated carbocycles. The monoisotopic (exact) mass is 371 g/mol. The summed E-state index contributed by atoms with van der Waals surface area (Å²) < 4.78 is 0. The first-order valence-corrected chi connectivity index (χ1v) is 10.9. The molecule has 1 amide bonds. The van der Waals surface area contributed by atoms with E-state index >= 15 is 0 Å². The first-order valence-electron chi connectivity index (χ1n) is 10.9. The maximum Gasteiger partial charge on any atom is 0.223 e. The van der Waals surface area contributed by atoms with E-state index in [2.05, 4.69) is 59.3 Å². The van der Waals surface area contributed by atoms with Gasteiger partial charge in [-0.3, -0.25) is 9.69 Å². The highest BCUT2D eigenvalue weighted by atomic mass is 16.1. The molecule has 0 aromatic heterocycles. The second-order valence-corrected chi connectivity index (χ2v) is 8.89. The summed E-state index contributed by atoms with van der Waals surface area (Å²) in [5.41, 5.74) is 1.36. The molecule has 2 aliphatic rings. The maximum atomic E-state index is 12.5. The Balaban J connectivity index is 1.29. The minimum atomic E-state index is 0.201. The maximum absolute atomic E-state index is 12.5. The smallest absolute Gasteiger partial charge is 0.223 e. The minimum absolute atomic E-state index is 0.201. The highest BCUT2D eigenvalue weighted by Gasteiger charge is 2.25. The molecule has 2 atom stereocenters. The normalized spacial score (nSPS) is 25.4. The first-order chi connectivity index (χ1) is 13.1. The summed E-state index contributed by atoms with van der Waals surface area (Å²) in [4.78, 5) is 17.5. The Morgan fingerprint density at radius 2 is 1.70 bits per heavy atom. The summed E-state index contributed by atoms with van der Waals surface area (Å²) in [6.45, 7) is 12.1. The van der Waals surface area contributed by atoms with E-state index in [1.807, 2.05) is 0 Å². The second kappa shape index (κ2) is 10.2. The van der Waals surface area contributed by atoms with Crippen LogP contribution in [0.3, 0.4) is 0 Å². The lowest BCUT2D eigenvalue weighted by Crippen LogP contribution is -2.42. The van der Waals surface area contributed by atoms with Gasteiger partial charge in [0.1, 0.15) is 0 Å². The number of rotatable bonds is 7. The van der Waals surface area contributed by atoms with Crippen LogP contribution in [0.2, 0.25) is 0 Å². The van der Waals surface area contributed by atoms with E-state index in [1.54, 1.807) is 0 Å². The van der Waals surface area contributed by atoms with E-state index in [-0.39, 0.29) is 11.8 Å². The van der Waals surface area contributed by atoms with Gasteiger partial charge < -0.3 is 10.2 Å². The van der Waals surface area contributed by atoms with E-state index in [0.717, 1.165) is 63.8 Å². The summed E-state index contributed by atoms with van der Waals surface area (Å²) in [6.07, 6.45) is 4.40. The van der Waals surface area contributed by atoms with Crippen LogP contribution in [0.25, 0.3) is 0 Å². The minimum Gasteiger partial charge on any atom is -0.356 e. The highest BCUT2D eigenvalue weighted by Crippen LogP contribution is 2.21. The van der Waals surface area contributed by atoms with Crippen LogP contribution < -0.4 is 5.32 Å². The van der Waals surface area contributed by atoms with Gasteiger partial charge in [-0.15, -0.1) is 0 Å².